The van der Waals surface area contributed by atoms with Gasteiger partial charge in [0.25, 0.3) is 0 Å². The highest BCUT2D eigenvalue weighted by molar-refractivity contribution is 5.66. The van der Waals surface area contributed by atoms with Gasteiger partial charge < -0.3 is 9.59 Å². The van der Waals surface area contributed by atoms with Crippen LogP contribution in [0.5, 0.6) is 0 Å². The summed E-state index contributed by atoms with van der Waals surface area (Å²) in [6, 6.07) is 8.97. The van der Waals surface area contributed by atoms with E-state index in [9.17, 15) is 4.79 Å². The van der Waals surface area contributed by atoms with Gasteiger partial charge in [0.05, 0.1) is 20.6 Å². The third-order valence-electron chi connectivity index (χ3n) is 6.17. The Kier molecular flexibility index (Phi) is 14.5. The van der Waals surface area contributed by atoms with Gasteiger partial charge in [0.1, 0.15) is 6.54 Å². The van der Waals surface area contributed by atoms with Crippen molar-refractivity contribution in [3.63, 3.8) is 0 Å². The summed E-state index contributed by atoms with van der Waals surface area (Å²) >= 11 is 0. The standard InChI is InChI=1S/C27H47NO2/c1-4-5-6-7-8-9-10-11-12-14-19-25-20-16-17-21-26(25)24-28(2,3)23-18-13-15-22-27(29)30/h16-17,20-21H,4-15,18-19,22-24H2,1-3H3/p+1. The zero-order valence-corrected chi connectivity index (χ0v) is 20.1. The maximum atomic E-state index is 10.6. The van der Waals surface area contributed by atoms with Crippen molar-refractivity contribution in [3.8, 4) is 0 Å². The van der Waals surface area contributed by atoms with E-state index in [1.54, 1.807) is 0 Å². The molecule has 0 aromatic heterocycles. The van der Waals surface area contributed by atoms with E-state index in [1.165, 1.54) is 81.8 Å². The van der Waals surface area contributed by atoms with Gasteiger partial charge in [0.15, 0.2) is 0 Å². The Balaban J connectivity index is 2.26. The predicted octanol–water partition coefficient (Wildman–Crippen LogP) is 7.37. The Bertz CT molecular complexity index is 568. The molecular formula is C27H48NO2+. The fraction of sp³-hybridized carbons (Fsp3) is 0.741. The SMILES string of the molecule is CCCCCCCCCCCCc1ccccc1C[N+](C)(C)CCCCCC(=O)O. The van der Waals surface area contributed by atoms with Crippen LogP contribution in [0.1, 0.15) is 108 Å². The fourth-order valence-corrected chi connectivity index (χ4v) is 4.29. The third kappa shape index (κ3) is 13.8. The van der Waals surface area contributed by atoms with Crippen molar-refractivity contribution in [2.45, 2.75) is 110 Å². The van der Waals surface area contributed by atoms with Crippen molar-refractivity contribution in [3.05, 3.63) is 35.4 Å². The van der Waals surface area contributed by atoms with Crippen molar-refractivity contribution in [1.29, 1.82) is 0 Å². The molecule has 0 bridgehead atoms. The highest BCUT2D eigenvalue weighted by atomic mass is 16.4. The second kappa shape index (κ2) is 16.4. The second-order valence-corrected chi connectivity index (χ2v) is 9.72. The van der Waals surface area contributed by atoms with E-state index in [1.807, 2.05) is 0 Å². The summed E-state index contributed by atoms with van der Waals surface area (Å²) in [6.07, 6.45) is 18.3. The minimum Gasteiger partial charge on any atom is -0.481 e. The molecule has 1 rings (SSSR count). The number of benzene rings is 1. The van der Waals surface area contributed by atoms with E-state index in [0.717, 1.165) is 36.8 Å². The quantitative estimate of drug-likeness (QED) is 0.188. The molecule has 0 saturated carbocycles. The van der Waals surface area contributed by atoms with Crippen molar-refractivity contribution in [2.75, 3.05) is 20.6 Å². The molecule has 1 N–H and O–H groups in total. The number of hydrogen-bond acceptors (Lipinski definition) is 1. The molecule has 0 aliphatic rings. The molecule has 0 spiro atoms. The Labute approximate surface area is 186 Å². The highest BCUT2D eigenvalue weighted by Crippen LogP contribution is 2.19. The molecule has 0 aliphatic carbocycles. The lowest BCUT2D eigenvalue weighted by Crippen LogP contribution is -2.39. The molecule has 0 heterocycles. The number of rotatable bonds is 19. The average Bonchev–Trinajstić information content (AvgIpc) is 2.69. The van der Waals surface area contributed by atoms with Gasteiger partial charge in [0.2, 0.25) is 0 Å². The largest absolute Gasteiger partial charge is 0.481 e. The van der Waals surface area contributed by atoms with E-state index in [-0.39, 0.29) is 0 Å². The van der Waals surface area contributed by atoms with Gasteiger partial charge in [-0.1, -0.05) is 89.0 Å². The van der Waals surface area contributed by atoms with Gasteiger partial charge in [-0.25, -0.2) is 0 Å². The Morgan fingerprint density at radius 1 is 0.767 bits per heavy atom. The molecule has 3 nitrogen and oxygen atoms in total. The minimum absolute atomic E-state index is 0.301. The number of carboxylic acid groups (broad SMARTS) is 1. The summed E-state index contributed by atoms with van der Waals surface area (Å²) in [5.74, 6) is -0.676. The first-order valence-corrected chi connectivity index (χ1v) is 12.5. The minimum atomic E-state index is -0.676. The Morgan fingerprint density at radius 3 is 1.90 bits per heavy atom. The third-order valence-corrected chi connectivity index (χ3v) is 6.17. The van der Waals surface area contributed by atoms with Crippen LogP contribution < -0.4 is 0 Å². The molecule has 0 amide bonds. The maximum absolute atomic E-state index is 10.6. The van der Waals surface area contributed by atoms with Gasteiger partial charge in [-0.2, -0.15) is 0 Å². The molecule has 0 aliphatic heterocycles. The summed E-state index contributed by atoms with van der Waals surface area (Å²) in [5, 5.41) is 8.77. The van der Waals surface area contributed by atoms with E-state index in [0.29, 0.717) is 6.42 Å². The van der Waals surface area contributed by atoms with Crippen LogP contribution in [0, 0.1) is 0 Å². The molecule has 1 aromatic carbocycles. The second-order valence-electron chi connectivity index (χ2n) is 9.72. The van der Waals surface area contributed by atoms with E-state index in [4.69, 9.17) is 5.11 Å². The fourth-order valence-electron chi connectivity index (χ4n) is 4.29. The molecule has 0 radical (unpaired) electrons. The lowest BCUT2D eigenvalue weighted by molar-refractivity contribution is -0.903. The van der Waals surface area contributed by atoms with Crippen molar-refractivity contribution >= 4 is 5.97 Å². The molecule has 172 valence electrons. The van der Waals surface area contributed by atoms with Crippen LogP contribution in [0.25, 0.3) is 0 Å². The van der Waals surface area contributed by atoms with E-state index >= 15 is 0 Å². The Morgan fingerprint density at radius 2 is 1.30 bits per heavy atom. The summed E-state index contributed by atoms with van der Waals surface area (Å²) in [4.78, 5) is 10.6. The first-order chi connectivity index (χ1) is 14.4. The normalized spacial score (nSPS) is 11.7. The zero-order chi connectivity index (χ0) is 22.1. The summed E-state index contributed by atoms with van der Waals surface area (Å²) in [7, 11) is 4.60. The monoisotopic (exact) mass is 418 g/mol. The Hall–Kier alpha value is -1.35. The molecule has 3 heteroatoms. The number of aliphatic carboxylic acids is 1. The van der Waals surface area contributed by atoms with Crippen LogP contribution in [-0.4, -0.2) is 36.2 Å². The van der Waals surface area contributed by atoms with Crippen LogP contribution in [0.4, 0.5) is 0 Å². The lowest BCUT2D eigenvalue weighted by atomic mass is 9.99. The zero-order valence-electron chi connectivity index (χ0n) is 20.1. The number of nitrogens with zero attached hydrogens (tertiary/aromatic N) is 1. The number of carboxylic acids is 1. The number of unbranched alkanes of at least 4 members (excludes halogenated alkanes) is 11. The molecule has 1 aromatic rings. The molecule has 0 atom stereocenters. The van der Waals surface area contributed by atoms with Crippen LogP contribution >= 0.6 is 0 Å². The summed E-state index contributed by atoms with van der Waals surface area (Å²) in [5.41, 5.74) is 3.01. The molecule has 30 heavy (non-hydrogen) atoms. The van der Waals surface area contributed by atoms with Crippen LogP contribution in [-0.2, 0) is 17.8 Å². The van der Waals surface area contributed by atoms with Crippen molar-refractivity contribution in [1.82, 2.24) is 0 Å². The predicted molar refractivity (Wildman–Crippen MR) is 129 cm³/mol. The first kappa shape index (κ1) is 26.7. The van der Waals surface area contributed by atoms with Gasteiger partial charge in [-0.3, -0.25) is 4.79 Å². The topological polar surface area (TPSA) is 37.3 Å². The van der Waals surface area contributed by atoms with Crippen LogP contribution in [0.3, 0.4) is 0 Å². The smallest absolute Gasteiger partial charge is 0.303 e. The molecule has 0 fully saturated rings. The number of carbonyl (C=O) groups is 1. The van der Waals surface area contributed by atoms with E-state index < -0.39 is 5.97 Å². The van der Waals surface area contributed by atoms with Crippen LogP contribution in [0.15, 0.2) is 24.3 Å². The molecular weight excluding hydrogens is 370 g/mol. The van der Waals surface area contributed by atoms with Gasteiger partial charge in [-0.15, -0.1) is 0 Å². The van der Waals surface area contributed by atoms with Crippen LogP contribution in [0.2, 0.25) is 0 Å². The maximum Gasteiger partial charge on any atom is 0.303 e. The first-order valence-electron chi connectivity index (χ1n) is 12.5. The highest BCUT2D eigenvalue weighted by Gasteiger charge is 2.17. The summed E-state index contributed by atoms with van der Waals surface area (Å²) < 4.78 is 0.974. The van der Waals surface area contributed by atoms with E-state index in [2.05, 4.69) is 45.3 Å². The number of hydrogen-bond donors (Lipinski definition) is 1. The van der Waals surface area contributed by atoms with Gasteiger partial charge in [0, 0.05) is 12.0 Å². The molecule has 0 unspecified atom stereocenters. The number of quaternary nitrogens is 1. The average molecular weight is 419 g/mol. The van der Waals surface area contributed by atoms with Crippen molar-refractivity contribution in [2.24, 2.45) is 0 Å². The summed E-state index contributed by atoms with van der Waals surface area (Å²) in [6.45, 7) is 4.45. The van der Waals surface area contributed by atoms with Crippen molar-refractivity contribution < 1.29 is 14.4 Å². The number of aryl methyl sites for hydroxylation is 1. The van der Waals surface area contributed by atoms with Gasteiger partial charge in [-0.05, 0) is 37.7 Å². The van der Waals surface area contributed by atoms with Gasteiger partial charge >= 0.3 is 5.97 Å². The lowest BCUT2D eigenvalue weighted by Gasteiger charge is -2.31. The molecule has 0 saturated heterocycles.